The van der Waals surface area contributed by atoms with Crippen LogP contribution in [-0.2, 0) is 22.5 Å². The number of nitriles is 1. The van der Waals surface area contributed by atoms with Gasteiger partial charge in [0.15, 0.2) is 0 Å². The van der Waals surface area contributed by atoms with E-state index in [1.807, 2.05) is 0 Å². The maximum Gasteiger partial charge on any atom is 0.573 e. The Morgan fingerprint density at radius 1 is 1.45 bits per heavy atom. The van der Waals surface area contributed by atoms with Gasteiger partial charge in [0, 0.05) is 6.54 Å². The molecule has 0 saturated carbocycles. The minimum absolute atomic E-state index is 0.0758. The molecule has 0 aliphatic carbocycles. The van der Waals surface area contributed by atoms with Crippen LogP contribution >= 0.6 is 0 Å². The Hall–Kier alpha value is -2.27. The van der Waals surface area contributed by atoms with E-state index in [1.54, 1.807) is 6.07 Å². The van der Waals surface area contributed by atoms with E-state index in [9.17, 15) is 18.0 Å². The molecule has 0 aliphatic rings. The van der Waals surface area contributed by atoms with Crippen LogP contribution in [0, 0.1) is 11.3 Å². The number of hydrogen-bond donors (Lipinski definition) is 1. The Kier molecular flexibility index (Phi) is 4.94. The largest absolute Gasteiger partial charge is 0.573 e. The predicted octanol–water partition coefficient (Wildman–Crippen LogP) is 1.63. The number of carbonyl (C=O) groups is 1. The molecule has 0 aliphatic heterocycles. The Labute approximate surface area is 112 Å². The molecule has 0 radical (unpaired) electrons. The Balaban J connectivity index is 3.28. The van der Waals surface area contributed by atoms with Crippen LogP contribution in [0.3, 0.4) is 0 Å². The second-order valence-electron chi connectivity index (χ2n) is 3.73. The molecular weight excluding hydrogens is 277 g/mol. The molecule has 5 nitrogen and oxygen atoms in total. The molecule has 8 heteroatoms. The van der Waals surface area contributed by atoms with E-state index in [-0.39, 0.29) is 29.7 Å². The first-order valence-electron chi connectivity index (χ1n) is 5.39. The molecule has 0 fully saturated rings. The third kappa shape index (κ3) is 4.13. The van der Waals surface area contributed by atoms with E-state index in [2.05, 4.69) is 9.47 Å². The van der Waals surface area contributed by atoms with Gasteiger partial charge >= 0.3 is 12.3 Å². The maximum atomic E-state index is 12.2. The molecule has 0 bridgehead atoms. The lowest BCUT2D eigenvalue weighted by Gasteiger charge is -2.14. The fourth-order valence-electron chi connectivity index (χ4n) is 1.62. The lowest BCUT2D eigenvalue weighted by Crippen LogP contribution is -2.18. The van der Waals surface area contributed by atoms with Crippen LogP contribution in [-0.4, -0.2) is 19.4 Å². The minimum Gasteiger partial charge on any atom is -0.469 e. The number of benzene rings is 1. The normalized spacial score (nSPS) is 10.8. The molecule has 108 valence electrons. The Morgan fingerprint density at radius 2 is 2.10 bits per heavy atom. The van der Waals surface area contributed by atoms with Crippen molar-refractivity contribution in [2.24, 2.45) is 5.73 Å². The summed E-state index contributed by atoms with van der Waals surface area (Å²) in [5, 5.41) is 8.93. The zero-order valence-corrected chi connectivity index (χ0v) is 10.5. The lowest BCUT2D eigenvalue weighted by atomic mass is 9.98. The highest BCUT2D eigenvalue weighted by Crippen LogP contribution is 2.28. The molecule has 2 N–H and O–H groups in total. The van der Waals surface area contributed by atoms with Gasteiger partial charge in [-0.3, -0.25) is 4.79 Å². The lowest BCUT2D eigenvalue weighted by molar-refractivity contribution is -0.274. The van der Waals surface area contributed by atoms with Crippen LogP contribution in [0.1, 0.15) is 16.7 Å². The third-order valence-electron chi connectivity index (χ3n) is 2.44. The second kappa shape index (κ2) is 6.25. The van der Waals surface area contributed by atoms with Crippen LogP contribution < -0.4 is 10.5 Å². The van der Waals surface area contributed by atoms with Crippen molar-refractivity contribution in [3.63, 3.8) is 0 Å². The fraction of sp³-hybridized carbons (Fsp3) is 0.333. The minimum atomic E-state index is -4.89. The molecule has 0 saturated heterocycles. The summed E-state index contributed by atoms with van der Waals surface area (Å²) < 4.78 is 44.8. The molecule has 0 atom stereocenters. The highest BCUT2D eigenvalue weighted by molar-refractivity contribution is 5.73. The quantitative estimate of drug-likeness (QED) is 0.851. The van der Waals surface area contributed by atoms with Crippen molar-refractivity contribution in [3.05, 3.63) is 28.8 Å². The average Bonchev–Trinajstić information content (AvgIpc) is 2.35. The van der Waals surface area contributed by atoms with Gasteiger partial charge in [0.2, 0.25) is 0 Å². The van der Waals surface area contributed by atoms with Crippen LogP contribution in [0.5, 0.6) is 5.75 Å². The van der Waals surface area contributed by atoms with Crippen molar-refractivity contribution in [2.75, 3.05) is 7.11 Å². The third-order valence-corrected chi connectivity index (χ3v) is 2.44. The van der Waals surface area contributed by atoms with Crippen molar-refractivity contribution >= 4 is 5.97 Å². The summed E-state index contributed by atoms with van der Waals surface area (Å²) in [6, 6.07) is 3.67. The summed E-state index contributed by atoms with van der Waals surface area (Å²) in [4.78, 5) is 11.2. The van der Waals surface area contributed by atoms with Crippen molar-refractivity contribution in [1.82, 2.24) is 0 Å². The smallest absolute Gasteiger partial charge is 0.469 e. The molecule has 1 rings (SSSR count). The van der Waals surface area contributed by atoms with E-state index in [4.69, 9.17) is 11.0 Å². The van der Waals surface area contributed by atoms with Crippen molar-refractivity contribution in [3.8, 4) is 11.8 Å². The number of carbonyl (C=O) groups excluding carboxylic acids is 1. The van der Waals surface area contributed by atoms with Gasteiger partial charge in [0.25, 0.3) is 0 Å². The molecule has 0 spiro atoms. The van der Waals surface area contributed by atoms with Gasteiger partial charge in [-0.2, -0.15) is 5.26 Å². The van der Waals surface area contributed by atoms with Crippen LogP contribution in [0.2, 0.25) is 0 Å². The van der Waals surface area contributed by atoms with Crippen molar-refractivity contribution in [1.29, 1.82) is 5.26 Å². The van der Waals surface area contributed by atoms with Crippen LogP contribution in [0.25, 0.3) is 0 Å². The van der Waals surface area contributed by atoms with Gasteiger partial charge in [0.05, 0.1) is 25.2 Å². The number of ether oxygens (including phenoxy) is 2. The number of nitrogens with zero attached hydrogens (tertiary/aromatic N) is 1. The topological polar surface area (TPSA) is 85.3 Å². The first kappa shape index (κ1) is 15.8. The highest BCUT2D eigenvalue weighted by Gasteiger charge is 2.31. The number of hydrogen-bond acceptors (Lipinski definition) is 5. The zero-order chi connectivity index (χ0) is 15.3. The Morgan fingerprint density at radius 3 is 2.55 bits per heavy atom. The summed E-state index contributed by atoms with van der Waals surface area (Å²) in [6.07, 6.45) is -5.19. The average molecular weight is 288 g/mol. The number of rotatable bonds is 4. The zero-order valence-electron chi connectivity index (χ0n) is 10.5. The molecule has 0 amide bonds. The van der Waals surface area contributed by atoms with E-state index in [0.717, 1.165) is 19.2 Å². The predicted molar refractivity (Wildman–Crippen MR) is 61.5 cm³/mol. The monoisotopic (exact) mass is 288 g/mol. The van der Waals surface area contributed by atoms with E-state index >= 15 is 0 Å². The molecule has 0 unspecified atom stereocenters. The standard InChI is InChI=1S/C12H11F3N2O3/c1-19-11(18)4-7-2-9(20-12(13,14)15)3-8(5-16)10(7)6-17/h2-3H,4,6,17H2,1H3. The van der Waals surface area contributed by atoms with Gasteiger partial charge in [-0.25, -0.2) is 0 Å². The molecule has 0 aromatic heterocycles. The summed E-state index contributed by atoms with van der Waals surface area (Å²) >= 11 is 0. The summed E-state index contributed by atoms with van der Waals surface area (Å²) in [6.45, 7) is -0.0957. The van der Waals surface area contributed by atoms with E-state index in [1.165, 1.54) is 0 Å². The van der Waals surface area contributed by atoms with Gasteiger partial charge in [-0.1, -0.05) is 0 Å². The molecule has 1 aromatic carbocycles. The van der Waals surface area contributed by atoms with Crippen LogP contribution in [0.15, 0.2) is 12.1 Å². The van der Waals surface area contributed by atoms with Crippen molar-refractivity contribution in [2.45, 2.75) is 19.3 Å². The number of nitrogens with two attached hydrogens (primary N) is 1. The van der Waals surface area contributed by atoms with Crippen molar-refractivity contribution < 1.29 is 27.4 Å². The highest BCUT2D eigenvalue weighted by atomic mass is 19.4. The fourth-order valence-corrected chi connectivity index (χ4v) is 1.62. The molecule has 0 heterocycles. The van der Waals surface area contributed by atoms with E-state index in [0.29, 0.717) is 0 Å². The second-order valence-corrected chi connectivity index (χ2v) is 3.73. The number of esters is 1. The van der Waals surface area contributed by atoms with Gasteiger partial charge in [-0.05, 0) is 23.3 Å². The van der Waals surface area contributed by atoms with Gasteiger partial charge in [-0.15, -0.1) is 13.2 Å². The van der Waals surface area contributed by atoms with E-state index < -0.39 is 18.1 Å². The van der Waals surface area contributed by atoms with Gasteiger partial charge < -0.3 is 15.2 Å². The summed E-state index contributed by atoms with van der Waals surface area (Å²) in [5.74, 6) is -1.24. The summed E-state index contributed by atoms with van der Waals surface area (Å²) in [5.41, 5.74) is 5.83. The Bertz CT molecular complexity index is 550. The first-order chi connectivity index (χ1) is 9.30. The summed E-state index contributed by atoms with van der Waals surface area (Å²) in [7, 11) is 1.14. The number of alkyl halides is 3. The van der Waals surface area contributed by atoms with Crippen LogP contribution in [0.4, 0.5) is 13.2 Å². The number of methoxy groups -OCH3 is 1. The SMILES string of the molecule is COC(=O)Cc1cc(OC(F)(F)F)cc(C#N)c1CN. The molecular formula is C12H11F3N2O3. The van der Waals surface area contributed by atoms with Gasteiger partial charge in [0.1, 0.15) is 5.75 Å². The first-order valence-corrected chi connectivity index (χ1v) is 5.39. The molecule has 20 heavy (non-hydrogen) atoms. The number of halogens is 3. The maximum absolute atomic E-state index is 12.2. The molecule has 1 aromatic rings.